The molecule has 4 aromatic rings. The first kappa shape index (κ1) is 21.6. The lowest BCUT2D eigenvalue weighted by atomic mass is 9.96. The van der Waals surface area contributed by atoms with Crippen LogP contribution >= 0.6 is 0 Å². The number of benzene rings is 4. The quantitative estimate of drug-likeness (QED) is 0.218. The van der Waals surface area contributed by atoms with Gasteiger partial charge in [0.2, 0.25) is 0 Å². The fourth-order valence-electron chi connectivity index (χ4n) is 3.68. The van der Waals surface area contributed by atoms with Gasteiger partial charge in [0.1, 0.15) is 11.6 Å². The molecule has 0 aliphatic heterocycles. The molecule has 0 atom stereocenters. The molecular formula is C27H20F4O. The molecule has 0 bridgehead atoms. The van der Waals surface area contributed by atoms with Crippen molar-refractivity contribution in [1.29, 1.82) is 0 Å². The Morgan fingerprint density at radius 3 is 2.03 bits per heavy atom. The van der Waals surface area contributed by atoms with E-state index in [9.17, 15) is 13.2 Å². The second-order valence-corrected chi connectivity index (χ2v) is 7.46. The second kappa shape index (κ2) is 8.87. The average Bonchev–Trinajstić information content (AvgIpc) is 2.77. The number of ether oxygens (including phenoxy) is 1. The predicted octanol–water partition coefficient (Wildman–Crippen LogP) is 8.33. The molecule has 0 heterocycles. The zero-order chi connectivity index (χ0) is 22.7. The Morgan fingerprint density at radius 2 is 1.41 bits per heavy atom. The number of hydrogen-bond acceptors (Lipinski definition) is 1. The fraction of sp³-hybridized carbons (Fsp3) is 0.111. The molecule has 5 heteroatoms. The second-order valence-electron chi connectivity index (χ2n) is 7.46. The zero-order valence-electron chi connectivity index (χ0n) is 17.1. The molecule has 1 nitrogen and oxygen atoms in total. The van der Waals surface area contributed by atoms with E-state index in [4.69, 9.17) is 0 Å². The minimum absolute atomic E-state index is 0.274. The molecule has 0 fully saturated rings. The molecule has 162 valence electrons. The third-order valence-electron chi connectivity index (χ3n) is 5.27. The van der Waals surface area contributed by atoms with Gasteiger partial charge in [0, 0.05) is 10.9 Å². The summed E-state index contributed by atoms with van der Waals surface area (Å²) in [6, 6.07) is 22.3. The molecular weight excluding hydrogens is 416 g/mol. The standard InChI is InChI=1S/C27H20F4O/c1-2-3-4-18-5-15-25-22(17-18)12-16-24(26(25)28)21-8-6-19(7-9-21)20-10-13-23(14-11-20)32-27(29,30)31/h2,5-17H,1,3-4H2. The van der Waals surface area contributed by atoms with Crippen molar-refractivity contribution >= 4 is 10.8 Å². The van der Waals surface area contributed by atoms with Gasteiger partial charge in [-0.25, -0.2) is 4.39 Å². The zero-order valence-corrected chi connectivity index (χ0v) is 17.1. The highest BCUT2D eigenvalue weighted by atomic mass is 19.4. The summed E-state index contributed by atoms with van der Waals surface area (Å²) in [5.41, 5.74) is 3.90. The molecule has 0 amide bonds. The van der Waals surface area contributed by atoms with Crippen molar-refractivity contribution in [2.45, 2.75) is 19.2 Å². The lowest BCUT2D eigenvalue weighted by molar-refractivity contribution is -0.274. The van der Waals surface area contributed by atoms with E-state index in [1.165, 1.54) is 12.1 Å². The van der Waals surface area contributed by atoms with E-state index in [1.807, 2.05) is 42.5 Å². The highest BCUT2D eigenvalue weighted by Gasteiger charge is 2.30. The van der Waals surface area contributed by atoms with Crippen LogP contribution in [0.2, 0.25) is 0 Å². The summed E-state index contributed by atoms with van der Waals surface area (Å²) in [5.74, 6) is -0.553. The molecule has 0 N–H and O–H groups in total. The molecule has 4 rings (SSSR count). The van der Waals surface area contributed by atoms with Crippen LogP contribution in [0.15, 0.2) is 91.5 Å². The van der Waals surface area contributed by atoms with Crippen molar-refractivity contribution in [1.82, 2.24) is 0 Å². The molecule has 0 aromatic heterocycles. The van der Waals surface area contributed by atoms with Gasteiger partial charge in [-0.15, -0.1) is 19.8 Å². The lowest BCUT2D eigenvalue weighted by Crippen LogP contribution is -2.16. The van der Waals surface area contributed by atoms with Gasteiger partial charge in [-0.1, -0.05) is 72.8 Å². The normalized spacial score (nSPS) is 11.5. The number of hydrogen-bond donors (Lipinski definition) is 0. The van der Waals surface area contributed by atoms with Crippen LogP contribution in [-0.4, -0.2) is 6.36 Å². The highest BCUT2D eigenvalue weighted by Crippen LogP contribution is 2.32. The summed E-state index contributed by atoms with van der Waals surface area (Å²) in [6.07, 6.45) is -1.12. The molecule has 0 spiro atoms. The van der Waals surface area contributed by atoms with Crippen LogP contribution in [0.3, 0.4) is 0 Å². The average molecular weight is 436 g/mol. The van der Waals surface area contributed by atoms with Gasteiger partial charge in [0.05, 0.1) is 0 Å². The van der Waals surface area contributed by atoms with E-state index in [2.05, 4.69) is 11.3 Å². The van der Waals surface area contributed by atoms with Crippen LogP contribution in [0.5, 0.6) is 5.75 Å². The molecule has 32 heavy (non-hydrogen) atoms. The van der Waals surface area contributed by atoms with Crippen LogP contribution in [0, 0.1) is 5.82 Å². The van der Waals surface area contributed by atoms with Crippen molar-refractivity contribution < 1.29 is 22.3 Å². The minimum Gasteiger partial charge on any atom is -0.406 e. The monoisotopic (exact) mass is 436 g/mol. The van der Waals surface area contributed by atoms with E-state index in [0.717, 1.165) is 40.5 Å². The number of halogens is 4. The maximum Gasteiger partial charge on any atom is 0.573 e. The van der Waals surface area contributed by atoms with Gasteiger partial charge in [-0.05, 0) is 52.6 Å². The Labute approximate surface area is 183 Å². The van der Waals surface area contributed by atoms with Crippen molar-refractivity contribution in [2.75, 3.05) is 0 Å². The fourth-order valence-corrected chi connectivity index (χ4v) is 3.68. The Morgan fingerprint density at radius 1 is 0.781 bits per heavy atom. The first-order valence-corrected chi connectivity index (χ1v) is 10.1. The molecule has 0 saturated carbocycles. The minimum atomic E-state index is -4.72. The number of fused-ring (bicyclic) bond motifs is 1. The summed E-state index contributed by atoms with van der Waals surface area (Å²) in [4.78, 5) is 0. The Kier molecular flexibility index (Phi) is 5.99. The SMILES string of the molecule is C=CCCc1ccc2c(F)c(-c3ccc(-c4ccc(OC(F)(F)F)cc4)cc3)ccc2c1. The highest BCUT2D eigenvalue weighted by molar-refractivity contribution is 5.89. The summed E-state index contributed by atoms with van der Waals surface area (Å²) >= 11 is 0. The van der Waals surface area contributed by atoms with Gasteiger partial charge in [0.15, 0.2) is 0 Å². The molecule has 0 saturated heterocycles. The topological polar surface area (TPSA) is 9.23 Å². The number of allylic oxidation sites excluding steroid dienone is 1. The maximum atomic E-state index is 15.2. The molecule has 0 radical (unpaired) electrons. The third kappa shape index (κ3) is 4.83. The third-order valence-corrected chi connectivity index (χ3v) is 5.27. The van der Waals surface area contributed by atoms with Gasteiger partial charge in [-0.3, -0.25) is 0 Å². The maximum absolute atomic E-state index is 15.2. The van der Waals surface area contributed by atoms with Gasteiger partial charge < -0.3 is 4.74 Å². The van der Waals surface area contributed by atoms with E-state index >= 15 is 4.39 Å². The number of alkyl halides is 3. The van der Waals surface area contributed by atoms with Gasteiger partial charge in [0.25, 0.3) is 0 Å². The smallest absolute Gasteiger partial charge is 0.406 e. The largest absolute Gasteiger partial charge is 0.573 e. The summed E-state index contributed by atoms with van der Waals surface area (Å²) < 4.78 is 56.1. The first-order chi connectivity index (χ1) is 15.3. The molecule has 0 aliphatic carbocycles. The molecule has 0 aliphatic rings. The predicted molar refractivity (Wildman–Crippen MR) is 120 cm³/mol. The van der Waals surface area contributed by atoms with Crippen LogP contribution in [0.1, 0.15) is 12.0 Å². The summed E-state index contributed by atoms with van der Waals surface area (Å²) in [6.45, 7) is 3.73. The Hall–Kier alpha value is -3.60. The lowest BCUT2D eigenvalue weighted by Gasteiger charge is -2.11. The van der Waals surface area contributed by atoms with Crippen LogP contribution in [0.4, 0.5) is 17.6 Å². The van der Waals surface area contributed by atoms with Gasteiger partial charge >= 0.3 is 6.36 Å². The Bertz CT molecular complexity index is 1240. The summed E-state index contributed by atoms with van der Waals surface area (Å²) in [7, 11) is 0. The van der Waals surface area contributed by atoms with E-state index in [-0.39, 0.29) is 11.6 Å². The van der Waals surface area contributed by atoms with Crippen molar-refractivity contribution in [3.05, 3.63) is 103 Å². The van der Waals surface area contributed by atoms with Crippen molar-refractivity contribution in [3.8, 4) is 28.0 Å². The van der Waals surface area contributed by atoms with E-state index in [1.54, 1.807) is 30.3 Å². The molecule has 4 aromatic carbocycles. The van der Waals surface area contributed by atoms with E-state index in [0.29, 0.717) is 10.9 Å². The van der Waals surface area contributed by atoms with Crippen LogP contribution in [0.25, 0.3) is 33.0 Å². The van der Waals surface area contributed by atoms with Crippen LogP contribution < -0.4 is 4.74 Å². The van der Waals surface area contributed by atoms with Crippen molar-refractivity contribution in [3.63, 3.8) is 0 Å². The number of aryl methyl sites for hydroxylation is 1. The Balaban J connectivity index is 1.58. The summed E-state index contributed by atoms with van der Waals surface area (Å²) in [5, 5.41) is 1.42. The first-order valence-electron chi connectivity index (χ1n) is 10.1. The van der Waals surface area contributed by atoms with Crippen LogP contribution in [-0.2, 0) is 6.42 Å². The van der Waals surface area contributed by atoms with E-state index < -0.39 is 6.36 Å². The molecule has 0 unspecified atom stereocenters. The van der Waals surface area contributed by atoms with Gasteiger partial charge in [-0.2, -0.15) is 0 Å². The number of rotatable bonds is 6. The van der Waals surface area contributed by atoms with Crippen molar-refractivity contribution in [2.24, 2.45) is 0 Å².